The first-order valence-electron chi connectivity index (χ1n) is 7.40. The fourth-order valence-electron chi connectivity index (χ4n) is 2.50. The molecule has 0 aliphatic rings. The lowest BCUT2D eigenvalue weighted by atomic mass is 10.0. The van der Waals surface area contributed by atoms with Gasteiger partial charge in [0.2, 0.25) is 5.91 Å². The number of nitrogens with zero attached hydrogens (tertiary/aromatic N) is 1. The predicted molar refractivity (Wildman–Crippen MR) is 87.2 cm³/mol. The number of carbonyl (C=O) groups is 1. The standard InChI is InChI=1S/C19H23NO/c1-15-9-10-18(16(2)13-15)11-12-19(21)20(3)14-17-7-5-4-6-8-17/h4-10,13H,11-12,14H2,1-3H3. The summed E-state index contributed by atoms with van der Waals surface area (Å²) in [6.45, 7) is 4.88. The van der Waals surface area contributed by atoms with Crippen LogP contribution in [0, 0.1) is 13.8 Å². The van der Waals surface area contributed by atoms with E-state index in [1.54, 1.807) is 4.90 Å². The van der Waals surface area contributed by atoms with Crippen molar-refractivity contribution >= 4 is 5.91 Å². The molecule has 0 fully saturated rings. The van der Waals surface area contributed by atoms with Gasteiger partial charge in [-0.25, -0.2) is 0 Å². The minimum Gasteiger partial charge on any atom is -0.341 e. The van der Waals surface area contributed by atoms with Crippen molar-refractivity contribution in [2.24, 2.45) is 0 Å². The molecule has 2 nitrogen and oxygen atoms in total. The molecule has 2 heteroatoms. The Morgan fingerprint density at radius 1 is 1.05 bits per heavy atom. The molecule has 0 saturated carbocycles. The van der Waals surface area contributed by atoms with Crippen molar-refractivity contribution in [2.75, 3.05) is 7.05 Å². The summed E-state index contributed by atoms with van der Waals surface area (Å²) < 4.78 is 0. The molecule has 0 heterocycles. The van der Waals surface area contributed by atoms with E-state index in [1.165, 1.54) is 22.3 Å². The fraction of sp³-hybridized carbons (Fsp3) is 0.316. The van der Waals surface area contributed by atoms with Gasteiger partial charge in [0.15, 0.2) is 0 Å². The molecule has 0 N–H and O–H groups in total. The van der Waals surface area contributed by atoms with Gasteiger partial charge in [0.1, 0.15) is 0 Å². The van der Waals surface area contributed by atoms with E-state index in [0.29, 0.717) is 13.0 Å². The van der Waals surface area contributed by atoms with Gasteiger partial charge in [-0.1, -0.05) is 54.1 Å². The van der Waals surface area contributed by atoms with E-state index in [1.807, 2.05) is 37.4 Å². The summed E-state index contributed by atoms with van der Waals surface area (Å²) in [5, 5.41) is 0. The second-order valence-electron chi connectivity index (χ2n) is 5.67. The Labute approximate surface area is 127 Å². The van der Waals surface area contributed by atoms with Crippen LogP contribution in [0.5, 0.6) is 0 Å². The number of amides is 1. The van der Waals surface area contributed by atoms with Gasteiger partial charge in [0.25, 0.3) is 0 Å². The van der Waals surface area contributed by atoms with Crippen molar-refractivity contribution in [3.8, 4) is 0 Å². The molecule has 110 valence electrons. The highest BCUT2D eigenvalue weighted by Crippen LogP contribution is 2.13. The Bertz CT molecular complexity index is 604. The summed E-state index contributed by atoms with van der Waals surface area (Å²) in [5.41, 5.74) is 4.97. The van der Waals surface area contributed by atoms with E-state index in [-0.39, 0.29) is 5.91 Å². The summed E-state index contributed by atoms with van der Waals surface area (Å²) in [7, 11) is 1.87. The van der Waals surface area contributed by atoms with Gasteiger partial charge >= 0.3 is 0 Å². The Morgan fingerprint density at radius 2 is 1.76 bits per heavy atom. The third kappa shape index (κ3) is 4.45. The summed E-state index contributed by atoms with van der Waals surface area (Å²) >= 11 is 0. The molecule has 2 aromatic carbocycles. The molecule has 21 heavy (non-hydrogen) atoms. The van der Waals surface area contributed by atoms with E-state index in [4.69, 9.17) is 0 Å². The van der Waals surface area contributed by atoms with Crippen LogP contribution in [0.2, 0.25) is 0 Å². The van der Waals surface area contributed by atoms with Crippen LogP contribution in [0.3, 0.4) is 0 Å². The van der Waals surface area contributed by atoms with Crippen LogP contribution in [-0.4, -0.2) is 17.9 Å². The minimum absolute atomic E-state index is 0.193. The van der Waals surface area contributed by atoms with E-state index < -0.39 is 0 Å². The molecule has 1 amide bonds. The number of rotatable bonds is 5. The highest BCUT2D eigenvalue weighted by molar-refractivity contribution is 5.76. The zero-order valence-electron chi connectivity index (χ0n) is 13.1. The SMILES string of the molecule is Cc1ccc(CCC(=O)N(C)Cc2ccccc2)c(C)c1. The predicted octanol–water partition coefficient (Wildman–Crippen LogP) is 3.89. The summed E-state index contributed by atoms with van der Waals surface area (Å²) in [4.78, 5) is 14.0. The molecule has 0 aliphatic carbocycles. The van der Waals surface area contributed by atoms with Crippen molar-refractivity contribution < 1.29 is 4.79 Å². The Hall–Kier alpha value is -2.09. The smallest absolute Gasteiger partial charge is 0.222 e. The molecule has 0 atom stereocenters. The van der Waals surface area contributed by atoms with Gasteiger partial charge in [0, 0.05) is 20.0 Å². The lowest BCUT2D eigenvalue weighted by molar-refractivity contribution is -0.130. The van der Waals surface area contributed by atoms with Gasteiger partial charge in [-0.2, -0.15) is 0 Å². The van der Waals surface area contributed by atoms with E-state index in [0.717, 1.165) is 6.42 Å². The fourth-order valence-corrected chi connectivity index (χ4v) is 2.50. The molecule has 0 aromatic heterocycles. The van der Waals surface area contributed by atoms with Crippen molar-refractivity contribution in [1.29, 1.82) is 0 Å². The quantitative estimate of drug-likeness (QED) is 0.814. The molecular weight excluding hydrogens is 258 g/mol. The maximum absolute atomic E-state index is 12.2. The molecular formula is C19H23NO. The summed E-state index contributed by atoms with van der Waals surface area (Å²) in [6, 6.07) is 16.5. The van der Waals surface area contributed by atoms with E-state index in [2.05, 4.69) is 32.0 Å². The first-order chi connectivity index (χ1) is 10.1. The zero-order valence-corrected chi connectivity index (χ0v) is 13.1. The van der Waals surface area contributed by atoms with Crippen LogP contribution in [0.1, 0.15) is 28.7 Å². The van der Waals surface area contributed by atoms with Crippen molar-refractivity contribution in [2.45, 2.75) is 33.2 Å². The van der Waals surface area contributed by atoms with Crippen LogP contribution in [-0.2, 0) is 17.8 Å². The van der Waals surface area contributed by atoms with Gasteiger partial charge in [-0.3, -0.25) is 4.79 Å². The van der Waals surface area contributed by atoms with E-state index in [9.17, 15) is 4.79 Å². The summed E-state index contributed by atoms with van der Waals surface area (Å²) in [6.07, 6.45) is 1.37. The van der Waals surface area contributed by atoms with E-state index >= 15 is 0 Å². The Kier molecular flexibility index (Phi) is 5.15. The Morgan fingerprint density at radius 3 is 2.43 bits per heavy atom. The summed E-state index contributed by atoms with van der Waals surface area (Å²) in [5.74, 6) is 0.193. The number of aryl methyl sites for hydroxylation is 3. The molecule has 2 rings (SSSR count). The van der Waals surface area contributed by atoms with Crippen molar-refractivity contribution in [1.82, 2.24) is 4.90 Å². The molecule has 0 bridgehead atoms. The van der Waals surface area contributed by atoms with Crippen LogP contribution in [0.25, 0.3) is 0 Å². The first kappa shape index (κ1) is 15.3. The van der Waals surface area contributed by atoms with Crippen LogP contribution >= 0.6 is 0 Å². The molecule has 0 spiro atoms. The van der Waals surface area contributed by atoms with Crippen LogP contribution < -0.4 is 0 Å². The van der Waals surface area contributed by atoms with Crippen molar-refractivity contribution in [3.05, 3.63) is 70.8 Å². The zero-order chi connectivity index (χ0) is 15.2. The van der Waals surface area contributed by atoms with Gasteiger partial charge in [-0.15, -0.1) is 0 Å². The second kappa shape index (κ2) is 7.07. The third-order valence-corrected chi connectivity index (χ3v) is 3.79. The van der Waals surface area contributed by atoms with Gasteiger partial charge in [0.05, 0.1) is 0 Å². The molecule has 0 unspecified atom stereocenters. The number of benzene rings is 2. The largest absolute Gasteiger partial charge is 0.341 e. The highest BCUT2D eigenvalue weighted by Gasteiger charge is 2.10. The number of hydrogen-bond acceptors (Lipinski definition) is 1. The monoisotopic (exact) mass is 281 g/mol. The molecule has 0 radical (unpaired) electrons. The Balaban J connectivity index is 1.89. The van der Waals surface area contributed by atoms with Crippen LogP contribution in [0.4, 0.5) is 0 Å². The molecule has 0 aliphatic heterocycles. The second-order valence-corrected chi connectivity index (χ2v) is 5.67. The average Bonchev–Trinajstić information content (AvgIpc) is 2.47. The highest BCUT2D eigenvalue weighted by atomic mass is 16.2. The van der Waals surface area contributed by atoms with Gasteiger partial charge in [-0.05, 0) is 37.0 Å². The van der Waals surface area contributed by atoms with Gasteiger partial charge < -0.3 is 4.90 Å². The molecule has 0 saturated heterocycles. The number of hydrogen-bond donors (Lipinski definition) is 0. The lowest BCUT2D eigenvalue weighted by Gasteiger charge is -2.17. The van der Waals surface area contributed by atoms with Crippen LogP contribution in [0.15, 0.2) is 48.5 Å². The lowest BCUT2D eigenvalue weighted by Crippen LogP contribution is -2.26. The topological polar surface area (TPSA) is 20.3 Å². The van der Waals surface area contributed by atoms with Crippen molar-refractivity contribution in [3.63, 3.8) is 0 Å². The number of carbonyl (C=O) groups excluding carboxylic acids is 1. The third-order valence-electron chi connectivity index (χ3n) is 3.79. The molecule has 2 aromatic rings. The maximum atomic E-state index is 12.2. The first-order valence-corrected chi connectivity index (χ1v) is 7.40. The normalized spacial score (nSPS) is 10.4. The average molecular weight is 281 g/mol. The minimum atomic E-state index is 0.193. The maximum Gasteiger partial charge on any atom is 0.222 e.